The lowest BCUT2D eigenvalue weighted by Gasteiger charge is -2.24. The first-order valence-electron chi connectivity index (χ1n) is 12.0. The summed E-state index contributed by atoms with van der Waals surface area (Å²) in [6, 6.07) is 15.3. The number of carbonyl (C=O) groups excluding carboxylic acids is 1. The van der Waals surface area contributed by atoms with Crippen molar-refractivity contribution < 1.29 is 9.90 Å². The number of rotatable bonds is 7. The molecule has 2 unspecified atom stereocenters. The molecule has 0 saturated heterocycles. The Labute approximate surface area is 219 Å². The van der Waals surface area contributed by atoms with Crippen LogP contribution in [0.4, 0.5) is 11.5 Å². The van der Waals surface area contributed by atoms with Gasteiger partial charge in [-0.2, -0.15) is 0 Å². The van der Waals surface area contributed by atoms with E-state index in [1.54, 1.807) is 17.7 Å². The van der Waals surface area contributed by atoms with Gasteiger partial charge in [-0.15, -0.1) is 11.3 Å². The lowest BCUT2D eigenvalue weighted by atomic mass is 9.93. The summed E-state index contributed by atoms with van der Waals surface area (Å²) in [4.78, 5) is 38.0. The topological polar surface area (TPSA) is 132 Å². The fraction of sp³-hybridized carbons (Fsp3) is 0.231. The maximum absolute atomic E-state index is 12.4. The van der Waals surface area contributed by atoms with Crippen molar-refractivity contribution in [2.45, 2.75) is 37.8 Å². The molecule has 2 atom stereocenters. The van der Waals surface area contributed by atoms with Gasteiger partial charge in [-0.1, -0.05) is 41.7 Å². The molecule has 2 aromatic carbocycles. The zero-order valence-corrected chi connectivity index (χ0v) is 21.3. The van der Waals surface area contributed by atoms with E-state index in [1.165, 1.54) is 21.8 Å². The van der Waals surface area contributed by atoms with E-state index in [0.717, 1.165) is 56.8 Å². The third kappa shape index (κ3) is 4.98. The van der Waals surface area contributed by atoms with Gasteiger partial charge in [0.2, 0.25) is 0 Å². The number of H-pyrrole nitrogens is 1. The number of fused-ring (bicyclic) bond motifs is 4. The number of aliphatic hydroxyl groups is 1. The summed E-state index contributed by atoms with van der Waals surface area (Å²) in [5, 5.41) is 14.7. The molecule has 1 aliphatic carbocycles. The fourth-order valence-electron chi connectivity index (χ4n) is 4.67. The van der Waals surface area contributed by atoms with Crippen molar-refractivity contribution in [2.75, 3.05) is 5.32 Å². The largest absolute Gasteiger partial charge is 0.383 e. The van der Waals surface area contributed by atoms with Gasteiger partial charge in [0.15, 0.2) is 0 Å². The average Bonchev–Trinajstić information content (AvgIpc) is 3.46. The maximum Gasteiger partial charge on any atom is 0.305 e. The Bertz CT molecular complexity index is 1640. The standard InChI is InChI=1S/C26H24N6O3S2/c33-19(10-14-4-2-1-3-5-14)24(34)32-31-16-6-8-17-20(12-16)36-25-22(17)23(27-13-28-25)29-15-7-9-18-21(11-15)37-26(35)30-18/h1-5,7,9,11,13,16,19,31,33H,6,8,10,12H2,(H,30,35)(H,32,34)(H,27,28,29). The van der Waals surface area contributed by atoms with Gasteiger partial charge in [0.05, 0.1) is 15.6 Å². The number of hydrogen-bond donors (Lipinski definition) is 5. The van der Waals surface area contributed by atoms with Crippen molar-refractivity contribution >= 4 is 60.5 Å². The normalized spacial score (nSPS) is 16.0. The zero-order valence-electron chi connectivity index (χ0n) is 19.7. The number of aryl methyl sites for hydroxylation is 1. The molecule has 1 amide bonds. The van der Waals surface area contributed by atoms with Crippen LogP contribution in [0.1, 0.15) is 22.4 Å². The van der Waals surface area contributed by atoms with E-state index in [-0.39, 0.29) is 17.3 Å². The predicted octanol–water partition coefficient (Wildman–Crippen LogP) is 3.42. The Hall–Kier alpha value is -3.64. The number of nitrogens with zero attached hydrogens (tertiary/aromatic N) is 2. The van der Waals surface area contributed by atoms with Crippen LogP contribution < -0.4 is 21.0 Å². The van der Waals surface area contributed by atoms with Crippen LogP contribution in [0.15, 0.2) is 59.7 Å². The molecule has 9 nitrogen and oxygen atoms in total. The third-order valence-corrected chi connectivity index (χ3v) is 8.51. The summed E-state index contributed by atoms with van der Waals surface area (Å²) in [5.41, 5.74) is 9.62. The van der Waals surface area contributed by atoms with Crippen molar-refractivity contribution in [3.8, 4) is 0 Å². The number of amides is 1. The number of carbonyl (C=O) groups is 1. The second-order valence-electron chi connectivity index (χ2n) is 9.04. The minimum absolute atomic E-state index is 0.0524. The molecule has 3 aromatic heterocycles. The van der Waals surface area contributed by atoms with Crippen molar-refractivity contribution in [3.63, 3.8) is 0 Å². The Kier molecular flexibility index (Phi) is 6.43. The highest BCUT2D eigenvalue weighted by atomic mass is 32.1. The zero-order chi connectivity index (χ0) is 25.4. The van der Waals surface area contributed by atoms with Gasteiger partial charge in [0.25, 0.3) is 5.91 Å². The van der Waals surface area contributed by atoms with Crippen LogP contribution in [0, 0.1) is 0 Å². The Balaban J connectivity index is 1.14. The predicted molar refractivity (Wildman–Crippen MR) is 146 cm³/mol. The number of aromatic nitrogens is 3. The number of hydrogen-bond acceptors (Lipinski definition) is 9. The molecule has 6 rings (SSSR count). The maximum atomic E-state index is 12.4. The van der Waals surface area contributed by atoms with E-state index >= 15 is 0 Å². The number of hydrazine groups is 1. The molecule has 0 saturated carbocycles. The first kappa shape index (κ1) is 23.7. The molecule has 0 spiro atoms. The average molecular weight is 533 g/mol. The van der Waals surface area contributed by atoms with Crippen molar-refractivity contribution in [3.05, 3.63) is 80.5 Å². The highest BCUT2D eigenvalue weighted by Crippen LogP contribution is 2.39. The lowest BCUT2D eigenvalue weighted by Crippen LogP contribution is -2.50. The molecule has 1 aliphatic rings. The monoisotopic (exact) mass is 532 g/mol. The molecule has 188 valence electrons. The van der Waals surface area contributed by atoms with Crippen LogP contribution in [0.3, 0.4) is 0 Å². The molecule has 37 heavy (non-hydrogen) atoms. The van der Waals surface area contributed by atoms with Crippen molar-refractivity contribution in [2.24, 2.45) is 0 Å². The van der Waals surface area contributed by atoms with Gasteiger partial charge in [-0.3, -0.25) is 15.0 Å². The van der Waals surface area contributed by atoms with Crippen LogP contribution in [-0.4, -0.2) is 38.1 Å². The van der Waals surface area contributed by atoms with Gasteiger partial charge in [-0.25, -0.2) is 15.4 Å². The van der Waals surface area contributed by atoms with E-state index < -0.39 is 12.0 Å². The highest BCUT2D eigenvalue weighted by Gasteiger charge is 2.26. The van der Waals surface area contributed by atoms with Crippen LogP contribution in [-0.2, 0) is 24.1 Å². The van der Waals surface area contributed by atoms with Crippen molar-refractivity contribution in [1.82, 2.24) is 25.8 Å². The lowest BCUT2D eigenvalue weighted by molar-refractivity contribution is -0.130. The molecule has 0 bridgehead atoms. The molecule has 0 radical (unpaired) electrons. The first-order valence-corrected chi connectivity index (χ1v) is 13.6. The summed E-state index contributed by atoms with van der Waals surface area (Å²) in [6.45, 7) is 0. The van der Waals surface area contributed by atoms with Gasteiger partial charge < -0.3 is 15.4 Å². The molecular weight excluding hydrogens is 508 g/mol. The summed E-state index contributed by atoms with van der Waals surface area (Å²) in [5.74, 6) is 0.307. The smallest absolute Gasteiger partial charge is 0.305 e. The van der Waals surface area contributed by atoms with E-state index in [4.69, 9.17) is 0 Å². The number of aromatic amines is 1. The summed E-state index contributed by atoms with van der Waals surface area (Å²) < 4.78 is 0.887. The number of aliphatic hydroxyl groups excluding tert-OH is 1. The highest BCUT2D eigenvalue weighted by molar-refractivity contribution is 7.19. The van der Waals surface area contributed by atoms with E-state index in [9.17, 15) is 14.7 Å². The molecule has 5 N–H and O–H groups in total. The number of anilines is 2. The van der Waals surface area contributed by atoms with E-state index in [0.29, 0.717) is 0 Å². The van der Waals surface area contributed by atoms with Gasteiger partial charge in [0, 0.05) is 23.0 Å². The molecule has 3 heterocycles. The SMILES string of the molecule is O=C(NNC1CCc2c(sc3ncnc(Nc4ccc5[nH]c(=O)sc5c4)c23)C1)C(O)Cc1ccccc1. The van der Waals surface area contributed by atoms with Gasteiger partial charge >= 0.3 is 4.87 Å². The van der Waals surface area contributed by atoms with E-state index in [1.807, 2.05) is 48.5 Å². The van der Waals surface area contributed by atoms with Crippen LogP contribution >= 0.6 is 22.7 Å². The fourth-order valence-corrected chi connectivity index (χ4v) is 6.72. The minimum atomic E-state index is -1.12. The number of nitrogens with one attached hydrogen (secondary N) is 4. The molecule has 5 aromatic rings. The van der Waals surface area contributed by atoms with Crippen LogP contribution in [0.2, 0.25) is 0 Å². The summed E-state index contributed by atoms with van der Waals surface area (Å²) in [6.07, 6.45) is 3.09. The van der Waals surface area contributed by atoms with Crippen LogP contribution in [0.25, 0.3) is 20.4 Å². The van der Waals surface area contributed by atoms with E-state index in [2.05, 4.69) is 31.1 Å². The number of thiophene rings is 1. The number of benzene rings is 2. The number of thiazole rings is 1. The quantitative estimate of drug-likeness (QED) is 0.203. The van der Waals surface area contributed by atoms with Crippen LogP contribution in [0.5, 0.6) is 0 Å². The van der Waals surface area contributed by atoms with Crippen molar-refractivity contribution in [1.29, 1.82) is 0 Å². The Morgan fingerprint density at radius 2 is 2.03 bits per heavy atom. The second kappa shape index (κ2) is 10.0. The molecule has 0 aliphatic heterocycles. The molecular formula is C26H24N6O3S2. The second-order valence-corrected chi connectivity index (χ2v) is 11.1. The molecule has 0 fully saturated rings. The third-order valence-electron chi connectivity index (χ3n) is 6.50. The molecule has 11 heteroatoms. The Morgan fingerprint density at radius 1 is 1.16 bits per heavy atom. The van der Waals surface area contributed by atoms with Gasteiger partial charge in [0.1, 0.15) is 23.1 Å². The summed E-state index contributed by atoms with van der Waals surface area (Å²) >= 11 is 2.82. The first-order chi connectivity index (χ1) is 18.0. The van der Waals surface area contributed by atoms with Gasteiger partial charge in [-0.05, 0) is 48.6 Å². The minimum Gasteiger partial charge on any atom is -0.383 e. The summed E-state index contributed by atoms with van der Waals surface area (Å²) in [7, 11) is 0. The Morgan fingerprint density at radius 3 is 2.89 bits per heavy atom.